The maximum atomic E-state index is 13.6. The Hall–Kier alpha value is -4.51. The van der Waals surface area contributed by atoms with Gasteiger partial charge >= 0.3 is 0 Å². The number of aromatic nitrogens is 1. The number of hydrogen-bond donors (Lipinski definition) is 1. The maximum absolute atomic E-state index is 13.6. The predicted molar refractivity (Wildman–Crippen MR) is 141 cm³/mol. The van der Waals surface area contributed by atoms with E-state index in [1.165, 1.54) is 17.7 Å². The minimum absolute atomic E-state index is 0.186. The van der Waals surface area contributed by atoms with Gasteiger partial charge in [0.15, 0.2) is 0 Å². The second-order valence-electron chi connectivity index (χ2n) is 8.66. The first kappa shape index (κ1) is 23.2. The molecule has 0 saturated heterocycles. The number of halogens is 1. The van der Waals surface area contributed by atoms with Gasteiger partial charge in [-0.1, -0.05) is 60.2 Å². The van der Waals surface area contributed by atoms with Crippen molar-refractivity contribution in [3.63, 3.8) is 0 Å². The summed E-state index contributed by atoms with van der Waals surface area (Å²) in [5, 5.41) is 3.79. The Bertz CT molecular complexity index is 1530. The van der Waals surface area contributed by atoms with Crippen molar-refractivity contribution in [1.82, 2.24) is 10.3 Å². The number of pyridine rings is 1. The third-order valence-electron chi connectivity index (χ3n) is 6.20. The quantitative estimate of drug-likeness (QED) is 0.288. The SMILES string of the molecule is COc1ccc(-c2cc(C(=O)NCc3ccc(C)cc3)c3cccc(-c4ccc(F)cc4)c3n2)cc1. The van der Waals surface area contributed by atoms with Crippen molar-refractivity contribution in [2.24, 2.45) is 0 Å². The lowest BCUT2D eigenvalue weighted by atomic mass is 9.97. The van der Waals surface area contributed by atoms with Gasteiger partial charge in [-0.05, 0) is 60.5 Å². The lowest BCUT2D eigenvalue weighted by molar-refractivity contribution is 0.0952. The van der Waals surface area contributed by atoms with Crippen LogP contribution in [0, 0.1) is 12.7 Å². The number of nitrogens with one attached hydrogen (secondary N) is 1. The maximum Gasteiger partial charge on any atom is 0.252 e. The fourth-order valence-corrected chi connectivity index (χ4v) is 4.19. The van der Waals surface area contributed by atoms with Crippen LogP contribution in [0.4, 0.5) is 4.39 Å². The van der Waals surface area contributed by atoms with Gasteiger partial charge in [0.25, 0.3) is 5.91 Å². The molecule has 1 N–H and O–H groups in total. The van der Waals surface area contributed by atoms with Crippen molar-refractivity contribution in [2.45, 2.75) is 13.5 Å². The number of methoxy groups -OCH3 is 1. The van der Waals surface area contributed by atoms with Crippen LogP contribution in [0.2, 0.25) is 0 Å². The topological polar surface area (TPSA) is 51.2 Å². The first-order chi connectivity index (χ1) is 17.5. The minimum atomic E-state index is -0.304. The average molecular weight is 477 g/mol. The van der Waals surface area contributed by atoms with E-state index >= 15 is 0 Å². The van der Waals surface area contributed by atoms with Crippen molar-refractivity contribution < 1.29 is 13.9 Å². The van der Waals surface area contributed by atoms with Gasteiger partial charge in [-0.25, -0.2) is 9.37 Å². The number of carbonyl (C=O) groups excluding carboxylic acids is 1. The lowest BCUT2D eigenvalue weighted by Crippen LogP contribution is -2.23. The van der Waals surface area contributed by atoms with Gasteiger partial charge < -0.3 is 10.1 Å². The van der Waals surface area contributed by atoms with Crippen LogP contribution in [0.3, 0.4) is 0 Å². The summed E-state index contributed by atoms with van der Waals surface area (Å²) < 4.78 is 18.9. The molecule has 0 atom stereocenters. The van der Waals surface area contributed by atoms with Crippen LogP contribution in [0.1, 0.15) is 21.5 Å². The monoisotopic (exact) mass is 476 g/mol. The molecule has 0 bridgehead atoms. The van der Waals surface area contributed by atoms with Crippen LogP contribution >= 0.6 is 0 Å². The van der Waals surface area contributed by atoms with Gasteiger partial charge in [0, 0.05) is 23.1 Å². The van der Waals surface area contributed by atoms with Crippen molar-refractivity contribution in [3.05, 3.63) is 120 Å². The van der Waals surface area contributed by atoms with Crippen molar-refractivity contribution in [1.29, 1.82) is 0 Å². The Labute approximate surface area is 209 Å². The number of fused-ring (bicyclic) bond motifs is 1. The summed E-state index contributed by atoms with van der Waals surface area (Å²) in [7, 11) is 1.62. The summed E-state index contributed by atoms with van der Waals surface area (Å²) in [5.74, 6) is 0.249. The molecule has 5 heteroatoms. The summed E-state index contributed by atoms with van der Waals surface area (Å²) >= 11 is 0. The highest BCUT2D eigenvalue weighted by Gasteiger charge is 2.17. The Balaban J connectivity index is 1.62. The fraction of sp³-hybridized carbons (Fsp3) is 0.0968. The molecule has 0 aliphatic carbocycles. The Morgan fingerprint density at radius 1 is 0.889 bits per heavy atom. The first-order valence-corrected chi connectivity index (χ1v) is 11.7. The lowest BCUT2D eigenvalue weighted by Gasteiger charge is -2.14. The van der Waals surface area contributed by atoms with Crippen LogP contribution in [-0.2, 0) is 6.54 Å². The van der Waals surface area contributed by atoms with E-state index in [0.717, 1.165) is 33.4 Å². The smallest absolute Gasteiger partial charge is 0.252 e. The zero-order chi connectivity index (χ0) is 25.1. The minimum Gasteiger partial charge on any atom is -0.497 e. The number of rotatable bonds is 6. The molecule has 5 rings (SSSR count). The fourth-order valence-electron chi connectivity index (χ4n) is 4.19. The second kappa shape index (κ2) is 10.0. The summed E-state index contributed by atoms with van der Waals surface area (Å²) in [5.41, 5.74) is 6.58. The molecule has 0 aliphatic rings. The number of amides is 1. The molecule has 1 aromatic heterocycles. The number of hydrogen-bond acceptors (Lipinski definition) is 3. The average Bonchev–Trinajstić information content (AvgIpc) is 2.92. The van der Waals surface area contributed by atoms with Crippen LogP contribution in [0.5, 0.6) is 5.75 Å². The van der Waals surface area contributed by atoms with E-state index in [0.29, 0.717) is 23.3 Å². The number of aryl methyl sites for hydroxylation is 1. The summed E-state index contributed by atoms with van der Waals surface area (Å²) in [4.78, 5) is 18.4. The van der Waals surface area contributed by atoms with E-state index in [1.54, 1.807) is 19.2 Å². The molecule has 0 fully saturated rings. The third-order valence-corrected chi connectivity index (χ3v) is 6.20. The molecule has 0 spiro atoms. The Kier molecular flexibility index (Phi) is 6.46. The summed E-state index contributed by atoms with van der Waals surface area (Å²) in [6.07, 6.45) is 0. The molecule has 0 unspecified atom stereocenters. The highest BCUT2D eigenvalue weighted by atomic mass is 19.1. The van der Waals surface area contributed by atoms with Crippen LogP contribution in [0.15, 0.2) is 97.1 Å². The van der Waals surface area contributed by atoms with E-state index < -0.39 is 0 Å². The van der Waals surface area contributed by atoms with Crippen LogP contribution < -0.4 is 10.1 Å². The summed E-state index contributed by atoms with van der Waals surface area (Å²) in [6.45, 7) is 2.45. The molecular formula is C31H25FN2O2. The number of benzene rings is 4. The Morgan fingerprint density at radius 3 is 2.28 bits per heavy atom. The van der Waals surface area contributed by atoms with Gasteiger partial charge in [0.1, 0.15) is 11.6 Å². The van der Waals surface area contributed by atoms with Crippen LogP contribution in [0.25, 0.3) is 33.3 Å². The van der Waals surface area contributed by atoms with Gasteiger partial charge in [-0.3, -0.25) is 4.79 Å². The zero-order valence-corrected chi connectivity index (χ0v) is 20.1. The number of carbonyl (C=O) groups is 1. The molecule has 1 amide bonds. The number of para-hydroxylation sites is 1. The molecule has 1 heterocycles. The zero-order valence-electron chi connectivity index (χ0n) is 20.1. The van der Waals surface area contributed by atoms with E-state index in [9.17, 15) is 9.18 Å². The van der Waals surface area contributed by atoms with E-state index in [2.05, 4.69) is 5.32 Å². The van der Waals surface area contributed by atoms with E-state index in [1.807, 2.05) is 79.7 Å². The van der Waals surface area contributed by atoms with E-state index in [4.69, 9.17) is 9.72 Å². The van der Waals surface area contributed by atoms with E-state index in [-0.39, 0.29) is 11.7 Å². The normalized spacial score (nSPS) is 10.9. The standard InChI is InChI=1S/C31H25FN2O2/c1-20-6-8-21(9-7-20)19-33-31(35)28-18-29(23-12-16-25(36-2)17-13-23)34-30-26(4-3-5-27(28)30)22-10-14-24(32)15-11-22/h3-18H,19H2,1-2H3,(H,33,35). The highest BCUT2D eigenvalue weighted by Crippen LogP contribution is 2.33. The van der Waals surface area contributed by atoms with Crippen molar-refractivity contribution >= 4 is 16.8 Å². The first-order valence-electron chi connectivity index (χ1n) is 11.7. The molecule has 36 heavy (non-hydrogen) atoms. The van der Waals surface area contributed by atoms with Crippen LogP contribution in [-0.4, -0.2) is 18.0 Å². The Morgan fingerprint density at radius 2 is 1.58 bits per heavy atom. The summed E-state index contributed by atoms with van der Waals surface area (Å²) in [6, 6.07) is 29.5. The van der Waals surface area contributed by atoms with Gasteiger partial charge in [-0.2, -0.15) is 0 Å². The molecule has 178 valence electrons. The largest absolute Gasteiger partial charge is 0.497 e. The molecule has 0 radical (unpaired) electrons. The second-order valence-corrected chi connectivity index (χ2v) is 8.66. The van der Waals surface area contributed by atoms with Gasteiger partial charge in [-0.15, -0.1) is 0 Å². The molecule has 5 aromatic rings. The highest BCUT2D eigenvalue weighted by molar-refractivity contribution is 6.10. The third kappa shape index (κ3) is 4.82. The van der Waals surface area contributed by atoms with Crippen molar-refractivity contribution in [2.75, 3.05) is 7.11 Å². The molecule has 0 saturated carbocycles. The molecule has 4 aromatic carbocycles. The van der Waals surface area contributed by atoms with Gasteiger partial charge in [0.05, 0.1) is 23.9 Å². The number of nitrogens with zero attached hydrogens (tertiary/aromatic N) is 1. The molecule has 4 nitrogen and oxygen atoms in total. The van der Waals surface area contributed by atoms with Crippen molar-refractivity contribution in [3.8, 4) is 28.1 Å². The van der Waals surface area contributed by atoms with Gasteiger partial charge in [0.2, 0.25) is 0 Å². The number of ether oxygens (including phenoxy) is 1. The molecular weight excluding hydrogens is 451 g/mol. The predicted octanol–water partition coefficient (Wildman–Crippen LogP) is 6.95. The molecule has 0 aliphatic heterocycles.